The van der Waals surface area contributed by atoms with Crippen LogP contribution < -0.4 is 5.32 Å². The average Bonchev–Trinajstić information content (AvgIpc) is 3.05. The molecule has 24 heavy (non-hydrogen) atoms. The summed E-state index contributed by atoms with van der Waals surface area (Å²) in [5, 5.41) is 41.4. The van der Waals surface area contributed by atoms with E-state index in [-0.39, 0.29) is 22.8 Å². The molecule has 0 amide bonds. The molecule has 2 rings (SSSR count). The van der Waals surface area contributed by atoms with E-state index in [0.717, 1.165) is 10.7 Å². The Hall–Kier alpha value is -4.16. The van der Waals surface area contributed by atoms with Crippen molar-refractivity contribution in [2.24, 2.45) is 0 Å². The lowest BCUT2D eigenvalue weighted by Gasteiger charge is -2.08. The summed E-state index contributed by atoms with van der Waals surface area (Å²) in [5.41, 5.74) is -0.837. The number of rotatable bonds is 4. The largest absolute Gasteiger partial charge is 0.476 e. The number of hydrogen-bond donors (Lipinski definition) is 2. The molecule has 0 unspecified atom stereocenters. The number of aromatic carboxylic acids is 1. The second kappa shape index (κ2) is 6.73. The third-order valence-corrected chi connectivity index (χ3v) is 2.86. The fraction of sp³-hybridized carbons (Fsp3) is 0. The van der Waals surface area contributed by atoms with Crippen molar-refractivity contribution in [3.63, 3.8) is 0 Å². The number of allylic oxidation sites excluding steroid dienone is 2. The zero-order valence-electron chi connectivity index (χ0n) is 11.9. The topological polar surface area (TPSA) is 139 Å². The molecule has 116 valence electrons. The summed E-state index contributed by atoms with van der Waals surface area (Å²) >= 11 is 0. The van der Waals surface area contributed by atoms with Crippen LogP contribution in [0.4, 0.5) is 10.1 Å². The Balaban J connectivity index is 2.35. The van der Waals surface area contributed by atoms with Gasteiger partial charge in [0.25, 0.3) is 0 Å². The first kappa shape index (κ1) is 16.2. The smallest absolute Gasteiger partial charge is 0.356 e. The highest BCUT2D eigenvalue weighted by atomic mass is 19.1. The number of nitriles is 3. The summed E-state index contributed by atoms with van der Waals surface area (Å²) in [4.78, 5) is 10.8. The number of hydrogen-bond acceptors (Lipinski definition) is 6. The van der Waals surface area contributed by atoms with E-state index in [4.69, 9.17) is 20.9 Å². The van der Waals surface area contributed by atoms with E-state index in [1.807, 2.05) is 0 Å². The van der Waals surface area contributed by atoms with Gasteiger partial charge in [0, 0.05) is 11.9 Å². The molecule has 9 heteroatoms. The van der Waals surface area contributed by atoms with Gasteiger partial charge in [-0.2, -0.15) is 20.9 Å². The average molecular weight is 322 g/mol. The molecular formula is C15H7FN6O2. The van der Waals surface area contributed by atoms with E-state index in [1.54, 1.807) is 18.2 Å². The standard InChI is InChI=1S/C15H7FN6O2/c16-11-5-10(20-13(8-19)9(6-17)7-18)1-2-14(11)22-4-3-12(21-22)15(23)24/h1-5,20H,(H,23,24). The number of anilines is 1. The number of carboxylic acid groups (broad SMARTS) is 1. The van der Waals surface area contributed by atoms with E-state index < -0.39 is 17.4 Å². The number of benzene rings is 1. The van der Waals surface area contributed by atoms with Crippen molar-refractivity contribution < 1.29 is 14.3 Å². The number of nitrogens with zero attached hydrogens (tertiary/aromatic N) is 5. The Morgan fingerprint density at radius 1 is 1.21 bits per heavy atom. The van der Waals surface area contributed by atoms with Crippen LogP contribution in [-0.2, 0) is 0 Å². The minimum Gasteiger partial charge on any atom is -0.476 e. The Bertz CT molecular complexity index is 955. The van der Waals surface area contributed by atoms with Gasteiger partial charge in [-0.25, -0.2) is 13.9 Å². The van der Waals surface area contributed by atoms with E-state index in [0.29, 0.717) is 0 Å². The molecule has 0 saturated carbocycles. The summed E-state index contributed by atoms with van der Waals surface area (Å²) < 4.78 is 15.2. The predicted octanol–water partition coefficient (Wildman–Crippen LogP) is 1.95. The normalized spacial score (nSPS) is 9.25. The van der Waals surface area contributed by atoms with Gasteiger partial charge in [-0.1, -0.05) is 0 Å². The van der Waals surface area contributed by atoms with Crippen LogP contribution >= 0.6 is 0 Å². The van der Waals surface area contributed by atoms with Crippen molar-refractivity contribution in [3.8, 4) is 23.9 Å². The molecule has 0 radical (unpaired) electrons. The number of halogens is 1. The number of carbonyl (C=O) groups is 1. The summed E-state index contributed by atoms with van der Waals surface area (Å²) in [7, 11) is 0. The summed E-state index contributed by atoms with van der Waals surface area (Å²) in [6.07, 6.45) is 1.29. The van der Waals surface area contributed by atoms with Crippen LogP contribution in [0.2, 0.25) is 0 Å². The Morgan fingerprint density at radius 2 is 1.92 bits per heavy atom. The van der Waals surface area contributed by atoms with Gasteiger partial charge in [0.2, 0.25) is 0 Å². The highest BCUT2D eigenvalue weighted by Gasteiger charge is 2.12. The van der Waals surface area contributed by atoms with Crippen molar-refractivity contribution in [1.29, 1.82) is 15.8 Å². The molecule has 0 fully saturated rings. The van der Waals surface area contributed by atoms with E-state index in [2.05, 4.69) is 10.4 Å². The first-order chi connectivity index (χ1) is 11.5. The van der Waals surface area contributed by atoms with Gasteiger partial charge >= 0.3 is 5.97 Å². The second-order valence-corrected chi connectivity index (χ2v) is 4.33. The third kappa shape index (κ3) is 3.19. The maximum absolute atomic E-state index is 14.2. The van der Waals surface area contributed by atoms with Crippen molar-refractivity contribution in [2.75, 3.05) is 5.32 Å². The van der Waals surface area contributed by atoms with Crippen LogP contribution in [0.5, 0.6) is 0 Å². The molecule has 1 heterocycles. The maximum Gasteiger partial charge on any atom is 0.356 e. The first-order valence-electron chi connectivity index (χ1n) is 6.30. The van der Waals surface area contributed by atoms with Gasteiger partial charge in [0.05, 0.1) is 0 Å². The van der Waals surface area contributed by atoms with Crippen LogP contribution in [0.15, 0.2) is 41.7 Å². The lowest BCUT2D eigenvalue weighted by Crippen LogP contribution is -2.04. The SMILES string of the molecule is N#CC(C#N)=C(C#N)Nc1ccc(-n2ccc(C(=O)O)n2)c(F)c1. The highest BCUT2D eigenvalue weighted by Crippen LogP contribution is 2.20. The van der Waals surface area contributed by atoms with Crippen LogP contribution in [0.25, 0.3) is 5.69 Å². The monoisotopic (exact) mass is 322 g/mol. The van der Waals surface area contributed by atoms with Crippen LogP contribution in [0.1, 0.15) is 10.5 Å². The van der Waals surface area contributed by atoms with Crippen molar-refractivity contribution in [1.82, 2.24) is 9.78 Å². The van der Waals surface area contributed by atoms with E-state index in [9.17, 15) is 9.18 Å². The van der Waals surface area contributed by atoms with E-state index >= 15 is 0 Å². The molecule has 2 aromatic rings. The molecule has 8 nitrogen and oxygen atoms in total. The maximum atomic E-state index is 14.2. The van der Waals surface area contributed by atoms with Gasteiger partial charge < -0.3 is 10.4 Å². The Labute approximate surface area is 134 Å². The number of aromatic nitrogens is 2. The summed E-state index contributed by atoms with van der Waals surface area (Å²) in [6.45, 7) is 0. The van der Waals surface area contributed by atoms with Gasteiger partial charge in [0.15, 0.2) is 17.1 Å². The lowest BCUT2D eigenvalue weighted by atomic mass is 10.2. The van der Waals surface area contributed by atoms with Gasteiger partial charge in [-0.15, -0.1) is 0 Å². The zero-order valence-corrected chi connectivity index (χ0v) is 11.9. The Morgan fingerprint density at radius 3 is 2.42 bits per heavy atom. The molecule has 0 atom stereocenters. The van der Waals surface area contributed by atoms with Gasteiger partial charge in [-0.3, -0.25) is 0 Å². The lowest BCUT2D eigenvalue weighted by molar-refractivity contribution is 0.0690. The van der Waals surface area contributed by atoms with Crippen LogP contribution in [0, 0.1) is 39.8 Å². The van der Waals surface area contributed by atoms with Gasteiger partial charge in [0.1, 0.15) is 29.6 Å². The fourth-order valence-corrected chi connectivity index (χ4v) is 1.77. The Kier molecular flexibility index (Phi) is 4.55. The highest BCUT2D eigenvalue weighted by molar-refractivity contribution is 5.85. The molecule has 0 saturated heterocycles. The first-order valence-corrected chi connectivity index (χ1v) is 6.30. The van der Waals surface area contributed by atoms with Crippen molar-refractivity contribution >= 4 is 11.7 Å². The third-order valence-electron chi connectivity index (χ3n) is 2.86. The van der Waals surface area contributed by atoms with Crippen molar-refractivity contribution in [3.05, 3.63) is 53.2 Å². The summed E-state index contributed by atoms with van der Waals surface area (Å²) in [5.74, 6) is -1.98. The minimum absolute atomic E-state index is 0.00340. The molecular weight excluding hydrogens is 315 g/mol. The molecule has 0 bridgehead atoms. The molecule has 2 N–H and O–H groups in total. The van der Waals surface area contributed by atoms with Crippen LogP contribution in [0.3, 0.4) is 0 Å². The predicted molar refractivity (Wildman–Crippen MR) is 78.0 cm³/mol. The zero-order chi connectivity index (χ0) is 17.7. The van der Waals surface area contributed by atoms with Crippen LogP contribution in [-0.4, -0.2) is 20.9 Å². The molecule has 0 aliphatic heterocycles. The molecule has 1 aromatic carbocycles. The number of carboxylic acids is 1. The minimum atomic E-state index is -1.24. The summed E-state index contributed by atoms with van der Waals surface area (Å²) in [6, 6.07) is 9.72. The molecule has 0 spiro atoms. The van der Waals surface area contributed by atoms with Gasteiger partial charge in [-0.05, 0) is 24.3 Å². The van der Waals surface area contributed by atoms with Crippen molar-refractivity contribution in [2.45, 2.75) is 0 Å². The quantitative estimate of drug-likeness (QED) is 0.820. The number of nitrogens with one attached hydrogen (secondary N) is 1. The molecule has 0 aliphatic rings. The molecule has 0 aliphatic carbocycles. The fourth-order valence-electron chi connectivity index (χ4n) is 1.77. The molecule has 1 aromatic heterocycles. The van der Waals surface area contributed by atoms with E-state index in [1.165, 1.54) is 24.4 Å². The second-order valence-electron chi connectivity index (χ2n) is 4.33.